The highest BCUT2D eigenvalue weighted by Gasteiger charge is 2.11. The van der Waals surface area contributed by atoms with E-state index in [2.05, 4.69) is 11.4 Å². The Labute approximate surface area is 166 Å². The highest BCUT2D eigenvalue weighted by atomic mass is 16.5. The summed E-state index contributed by atoms with van der Waals surface area (Å²) in [7, 11) is 3.17. The van der Waals surface area contributed by atoms with E-state index in [1.165, 1.54) is 5.56 Å². The quantitative estimate of drug-likeness (QED) is 0.586. The topological polar surface area (TPSA) is 71.3 Å². The molecule has 0 fully saturated rings. The molecular formula is C23H26N2O3. The normalized spacial score (nSPS) is 10.9. The largest absolute Gasteiger partial charge is 0.493 e. The van der Waals surface area contributed by atoms with Gasteiger partial charge in [-0.2, -0.15) is 5.26 Å². The molecule has 0 saturated carbocycles. The molecule has 0 radical (unpaired) electrons. The number of hydrogen-bond acceptors (Lipinski definition) is 4. The lowest BCUT2D eigenvalue weighted by molar-refractivity contribution is -0.117. The van der Waals surface area contributed by atoms with Crippen LogP contribution in [0.3, 0.4) is 0 Å². The summed E-state index contributed by atoms with van der Waals surface area (Å²) in [4.78, 5) is 12.4. The van der Waals surface area contributed by atoms with Crippen molar-refractivity contribution in [3.8, 4) is 17.6 Å². The van der Waals surface area contributed by atoms with Crippen molar-refractivity contribution in [2.75, 3.05) is 20.8 Å². The molecule has 0 spiro atoms. The van der Waals surface area contributed by atoms with E-state index in [0.717, 1.165) is 22.3 Å². The van der Waals surface area contributed by atoms with Gasteiger partial charge >= 0.3 is 0 Å². The second-order valence-electron chi connectivity index (χ2n) is 6.66. The van der Waals surface area contributed by atoms with Gasteiger partial charge in [0.25, 0.3) is 5.91 Å². The van der Waals surface area contributed by atoms with E-state index in [4.69, 9.17) is 9.47 Å². The molecule has 0 aromatic heterocycles. The van der Waals surface area contributed by atoms with Gasteiger partial charge in [0.05, 0.1) is 14.2 Å². The third kappa shape index (κ3) is 5.14. The number of nitrogens with zero attached hydrogens (tertiary/aromatic N) is 1. The molecule has 2 rings (SSSR count). The van der Waals surface area contributed by atoms with Gasteiger partial charge in [-0.05, 0) is 73.2 Å². The lowest BCUT2D eigenvalue weighted by atomic mass is 9.99. The average molecular weight is 378 g/mol. The summed E-state index contributed by atoms with van der Waals surface area (Å²) in [5, 5.41) is 12.2. The Hall–Kier alpha value is -3.26. The van der Waals surface area contributed by atoms with Crippen LogP contribution in [0.2, 0.25) is 0 Å². The molecule has 146 valence electrons. The minimum atomic E-state index is -0.374. The highest BCUT2D eigenvalue weighted by Crippen LogP contribution is 2.27. The van der Waals surface area contributed by atoms with Crippen LogP contribution in [0, 0.1) is 32.1 Å². The molecule has 0 aliphatic heterocycles. The van der Waals surface area contributed by atoms with Crippen LogP contribution in [0.15, 0.2) is 35.9 Å². The summed E-state index contributed by atoms with van der Waals surface area (Å²) in [5.74, 6) is 0.934. The molecule has 5 nitrogen and oxygen atoms in total. The van der Waals surface area contributed by atoms with Crippen LogP contribution >= 0.6 is 0 Å². The van der Waals surface area contributed by atoms with Crippen LogP contribution < -0.4 is 14.8 Å². The molecule has 0 unspecified atom stereocenters. The molecule has 0 saturated heterocycles. The Morgan fingerprint density at radius 3 is 2.36 bits per heavy atom. The van der Waals surface area contributed by atoms with Crippen molar-refractivity contribution in [1.29, 1.82) is 5.26 Å². The van der Waals surface area contributed by atoms with E-state index >= 15 is 0 Å². The second-order valence-corrected chi connectivity index (χ2v) is 6.66. The molecular weight excluding hydrogens is 352 g/mol. The first-order valence-corrected chi connectivity index (χ1v) is 9.08. The number of carbonyl (C=O) groups is 1. The fraction of sp³-hybridized carbons (Fsp3) is 0.304. The van der Waals surface area contributed by atoms with Crippen LogP contribution in [-0.4, -0.2) is 26.7 Å². The van der Waals surface area contributed by atoms with Gasteiger partial charge in [-0.25, -0.2) is 0 Å². The molecule has 2 aromatic rings. The van der Waals surface area contributed by atoms with Crippen LogP contribution in [0.4, 0.5) is 0 Å². The molecule has 2 aromatic carbocycles. The van der Waals surface area contributed by atoms with Gasteiger partial charge < -0.3 is 14.8 Å². The van der Waals surface area contributed by atoms with Crippen molar-refractivity contribution in [3.63, 3.8) is 0 Å². The lowest BCUT2D eigenvalue weighted by Gasteiger charge is -2.10. The van der Waals surface area contributed by atoms with Crippen LogP contribution in [0.5, 0.6) is 11.5 Å². The molecule has 0 aliphatic rings. The summed E-state index contributed by atoms with van der Waals surface area (Å²) in [6.45, 7) is 6.45. The number of ether oxygens (including phenoxy) is 2. The predicted molar refractivity (Wildman–Crippen MR) is 111 cm³/mol. The molecule has 0 aliphatic carbocycles. The predicted octanol–water partition coefficient (Wildman–Crippen LogP) is 3.89. The van der Waals surface area contributed by atoms with Crippen molar-refractivity contribution < 1.29 is 14.3 Å². The van der Waals surface area contributed by atoms with E-state index in [0.29, 0.717) is 24.5 Å². The van der Waals surface area contributed by atoms with Gasteiger partial charge in [0.2, 0.25) is 0 Å². The number of amides is 1. The van der Waals surface area contributed by atoms with Gasteiger partial charge in [0.15, 0.2) is 11.5 Å². The molecule has 1 amide bonds. The minimum Gasteiger partial charge on any atom is -0.493 e. The first kappa shape index (κ1) is 21.0. The molecule has 0 atom stereocenters. The second kappa shape index (κ2) is 9.61. The zero-order valence-electron chi connectivity index (χ0n) is 17.1. The maximum atomic E-state index is 12.4. The number of rotatable bonds is 7. The maximum Gasteiger partial charge on any atom is 0.261 e. The number of hydrogen-bond donors (Lipinski definition) is 1. The number of benzene rings is 2. The Balaban J connectivity index is 2.05. The van der Waals surface area contributed by atoms with Gasteiger partial charge in [-0.15, -0.1) is 0 Å². The average Bonchev–Trinajstić information content (AvgIpc) is 2.69. The van der Waals surface area contributed by atoms with Crippen molar-refractivity contribution in [3.05, 3.63) is 63.7 Å². The van der Waals surface area contributed by atoms with Gasteiger partial charge in [0, 0.05) is 6.54 Å². The van der Waals surface area contributed by atoms with Gasteiger partial charge in [0.1, 0.15) is 11.6 Å². The summed E-state index contributed by atoms with van der Waals surface area (Å²) in [6.07, 6.45) is 2.26. The molecule has 1 N–H and O–H groups in total. The van der Waals surface area contributed by atoms with E-state index in [1.807, 2.05) is 51.1 Å². The summed E-state index contributed by atoms with van der Waals surface area (Å²) < 4.78 is 10.5. The maximum absolute atomic E-state index is 12.4. The fourth-order valence-corrected chi connectivity index (χ4v) is 2.89. The van der Waals surface area contributed by atoms with Crippen molar-refractivity contribution in [1.82, 2.24) is 5.32 Å². The van der Waals surface area contributed by atoms with Crippen molar-refractivity contribution >= 4 is 12.0 Å². The van der Waals surface area contributed by atoms with E-state index in [-0.39, 0.29) is 11.5 Å². The third-order valence-corrected chi connectivity index (χ3v) is 4.69. The van der Waals surface area contributed by atoms with Crippen LogP contribution in [0.1, 0.15) is 27.8 Å². The van der Waals surface area contributed by atoms with E-state index in [9.17, 15) is 10.1 Å². The summed E-state index contributed by atoms with van der Waals surface area (Å²) >= 11 is 0. The summed E-state index contributed by atoms with van der Waals surface area (Å²) in [6, 6.07) is 11.7. The highest BCUT2D eigenvalue weighted by molar-refractivity contribution is 6.01. The van der Waals surface area contributed by atoms with Gasteiger partial charge in [-0.1, -0.05) is 18.2 Å². The zero-order valence-corrected chi connectivity index (χ0v) is 17.1. The molecule has 0 heterocycles. The van der Waals surface area contributed by atoms with Crippen molar-refractivity contribution in [2.45, 2.75) is 27.2 Å². The molecule has 5 heteroatoms. The minimum absolute atomic E-state index is 0.0960. The number of methoxy groups -OCH3 is 2. The molecule has 28 heavy (non-hydrogen) atoms. The first-order chi connectivity index (χ1) is 13.4. The van der Waals surface area contributed by atoms with Gasteiger partial charge in [-0.3, -0.25) is 4.79 Å². The van der Waals surface area contributed by atoms with Crippen molar-refractivity contribution in [2.24, 2.45) is 0 Å². The van der Waals surface area contributed by atoms with E-state index in [1.54, 1.807) is 20.3 Å². The number of nitrogens with one attached hydrogen (secondary N) is 1. The zero-order chi connectivity index (χ0) is 20.7. The summed E-state index contributed by atoms with van der Waals surface area (Å²) in [5.41, 5.74) is 5.34. The standard InChI is InChI=1S/C23H26N2O3/c1-15-10-17(3)19(11-16(15)2)13-20(14-24)23(26)25-9-8-18-6-7-21(27-4)22(12-18)28-5/h6-7,10-13H,8-9H2,1-5H3,(H,25,26)/b20-13+. The third-order valence-electron chi connectivity index (χ3n) is 4.69. The molecule has 0 bridgehead atoms. The lowest BCUT2D eigenvalue weighted by Crippen LogP contribution is -2.26. The van der Waals surface area contributed by atoms with Crippen LogP contribution in [-0.2, 0) is 11.2 Å². The number of carbonyl (C=O) groups excluding carboxylic acids is 1. The first-order valence-electron chi connectivity index (χ1n) is 9.08. The van der Waals surface area contributed by atoms with Crippen LogP contribution in [0.25, 0.3) is 6.08 Å². The Morgan fingerprint density at radius 2 is 1.71 bits per heavy atom. The Kier molecular flexibility index (Phi) is 7.22. The Bertz CT molecular complexity index is 940. The SMILES string of the molecule is COc1ccc(CCNC(=O)/C(C#N)=C/c2cc(C)c(C)cc2C)cc1OC. The monoisotopic (exact) mass is 378 g/mol. The number of aryl methyl sites for hydroxylation is 3. The smallest absolute Gasteiger partial charge is 0.261 e. The van der Waals surface area contributed by atoms with E-state index < -0.39 is 0 Å². The number of nitriles is 1. The fourth-order valence-electron chi connectivity index (χ4n) is 2.89. The Morgan fingerprint density at radius 1 is 1.04 bits per heavy atom.